The van der Waals surface area contributed by atoms with Crippen LogP contribution in [0.4, 0.5) is 26.3 Å². The molecule has 2 aromatic rings. The summed E-state index contributed by atoms with van der Waals surface area (Å²) in [6.45, 7) is 0.207. The van der Waals surface area contributed by atoms with Gasteiger partial charge in [-0.25, -0.2) is 0 Å². The number of carbonyl (C=O) groups excluding carboxylic acids is 1. The molecule has 0 saturated carbocycles. The first kappa shape index (κ1) is 20.8. The Bertz CT molecular complexity index is 796. The zero-order valence-corrected chi connectivity index (χ0v) is 13.9. The molecule has 0 aliphatic rings. The van der Waals surface area contributed by atoms with Crippen LogP contribution in [0.5, 0.6) is 0 Å². The average molecular weight is 395 g/mol. The van der Waals surface area contributed by atoms with E-state index in [1.165, 1.54) is 19.1 Å². The molecule has 4 nitrogen and oxygen atoms in total. The van der Waals surface area contributed by atoms with Gasteiger partial charge in [0.25, 0.3) is 5.91 Å². The SMILES string of the molecule is CCN(CC(O)C(F)(F)F)C(=O)c1ccc(-c2ccccc2C(F)(F)F)o1. The van der Waals surface area contributed by atoms with Crippen molar-refractivity contribution in [1.82, 2.24) is 4.90 Å². The zero-order chi connectivity index (χ0) is 20.4. The number of halogens is 6. The Labute approximate surface area is 150 Å². The van der Waals surface area contributed by atoms with E-state index in [1.807, 2.05) is 0 Å². The Morgan fingerprint density at radius 1 is 1.11 bits per heavy atom. The number of nitrogens with zero attached hydrogens (tertiary/aromatic N) is 1. The minimum absolute atomic E-state index is 0.166. The molecule has 0 spiro atoms. The minimum atomic E-state index is -4.91. The van der Waals surface area contributed by atoms with Crippen LogP contribution in [0.25, 0.3) is 11.3 Å². The van der Waals surface area contributed by atoms with Gasteiger partial charge < -0.3 is 14.4 Å². The Morgan fingerprint density at radius 2 is 1.74 bits per heavy atom. The van der Waals surface area contributed by atoms with Gasteiger partial charge in [0.15, 0.2) is 11.9 Å². The van der Waals surface area contributed by atoms with Gasteiger partial charge in [0.1, 0.15) is 5.76 Å². The topological polar surface area (TPSA) is 53.7 Å². The molecule has 1 unspecified atom stereocenters. The van der Waals surface area contributed by atoms with Crippen molar-refractivity contribution in [2.24, 2.45) is 0 Å². The quantitative estimate of drug-likeness (QED) is 0.766. The molecular weight excluding hydrogens is 380 g/mol. The third kappa shape index (κ3) is 4.82. The number of alkyl halides is 6. The highest BCUT2D eigenvalue weighted by molar-refractivity contribution is 5.92. The van der Waals surface area contributed by atoms with E-state index < -0.39 is 42.2 Å². The molecule has 1 aromatic carbocycles. The molecule has 1 atom stereocenters. The van der Waals surface area contributed by atoms with E-state index in [-0.39, 0.29) is 17.9 Å². The first-order chi connectivity index (χ1) is 12.4. The normalized spacial score (nSPS) is 13.5. The summed E-state index contributed by atoms with van der Waals surface area (Å²) in [5.74, 6) is -1.66. The molecule has 1 amide bonds. The van der Waals surface area contributed by atoms with Gasteiger partial charge in [0, 0.05) is 12.1 Å². The van der Waals surface area contributed by atoms with E-state index in [0.29, 0.717) is 4.90 Å². The molecule has 0 fully saturated rings. The lowest BCUT2D eigenvalue weighted by Gasteiger charge is -2.24. The van der Waals surface area contributed by atoms with Crippen LogP contribution >= 0.6 is 0 Å². The number of rotatable bonds is 5. The summed E-state index contributed by atoms with van der Waals surface area (Å²) in [5.41, 5.74) is -1.28. The van der Waals surface area contributed by atoms with E-state index in [4.69, 9.17) is 9.52 Å². The van der Waals surface area contributed by atoms with Crippen LogP contribution in [0, 0.1) is 0 Å². The fraction of sp³-hybridized carbons (Fsp3) is 0.353. The molecule has 0 saturated heterocycles. The lowest BCUT2D eigenvalue weighted by Crippen LogP contribution is -2.43. The highest BCUT2D eigenvalue weighted by atomic mass is 19.4. The average Bonchev–Trinajstić information content (AvgIpc) is 3.07. The first-order valence-electron chi connectivity index (χ1n) is 7.75. The number of aliphatic hydroxyl groups excluding tert-OH is 1. The van der Waals surface area contributed by atoms with Gasteiger partial charge in [-0.15, -0.1) is 0 Å². The highest BCUT2D eigenvalue weighted by Crippen LogP contribution is 2.37. The maximum absolute atomic E-state index is 13.1. The Hall–Kier alpha value is -2.49. The van der Waals surface area contributed by atoms with E-state index >= 15 is 0 Å². The molecule has 1 heterocycles. The fourth-order valence-electron chi connectivity index (χ4n) is 2.37. The van der Waals surface area contributed by atoms with E-state index in [0.717, 1.165) is 24.3 Å². The monoisotopic (exact) mass is 395 g/mol. The molecule has 2 rings (SSSR count). The summed E-state index contributed by atoms with van der Waals surface area (Å²) in [6.07, 6.45) is -12.3. The smallest absolute Gasteiger partial charge is 0.417 e. The molecular formula is C17H15F6NO3. The number of hydrogen-bond donors (Lipinski definition) is 1. The standard InChI is InChI=1S/C17H15F6NO3/c1-2-24(9-14(25)17(21,22)23)15(26)13-8-7-12(27-13)10-5-3-4-6-11(10)16(18,19)20/h3-8,14,25H,2,9H2,1H3. The second-order valence-electron chi connectivity index (χ2n) is 5.61. The van der Waals surface area contributed by atoms with Crippen molar-refractivity contribution in [3.05, 3.63) is 47.7 Å². The van der Waals surface area contributed by atoms with Gasteiger partial charge in [-0.3, -0.25) is 4.79 Å². The molecule has 0 aliphatic carbocycles. The van der Waals surface area contributed by atoms with Crippen molar-refractivity contribution >= 4 is 5.91 Å². The van der Waals surface area contributed by atoms with Crippen molar-refractivity contribution in [3.63, 3.8) is 0 Å². The van der Waals surface area contributed by atoms with E-state index in [2.05, 4.69) is 0 Å². The van der Waals surface area contributed by atoms with Crippen LogP contribution in [0.15, 0.2) is 40.8 Å². The summed E-state index contributed by atoms with van der Waals surface area (Å²) >= 11 is 0. The maximum Gasteiger partial charge on any atom is 0.417 e. The predicted octanol–water partition coefficient (Wildman–Crippen LogP) is 4.35. The van der Waals surface area contributed by atoms with Crippen LogP contribution < -0.4 is 0 Å². The third-order valence-corrected chi connectivity index (χ3v) is 3.75. The highest BCUT2D eigenvalue weighted by Gasteiger charge is 2.40. The number of furan rings is 1. The van der Waals surface area contributed by atoms with Crippen LogP contribution in [0.3, 0.4) is 0 Å². The molecule has 27 heavy (non-hydrogen) atoms. The van der Waals surface area contributed by atoms with Gasteiger partial charge in [-0.05, 0) is 25.1 Å². The molecule has 10 heteroatoms. The number of likely N-dealkylation sites (N-methyl/N-ethyl adjacent to an activating group) is 1. The molecule has 0 bridgehead atoms. The minimum Gasteiger partial charge on any atom is -0.451 e. The molecule has 0 aliphatic heterocycles. The lowest BCUT2D eigenvalue weighted by molar-refractivity contribution is -0.206. The Kier molecular flexibility index (Phi) is 5.88. The predicted molar refractivity (Wildman–Crippen MR) is 82.8 cm³/mol. The number of carbonyl (C=O) groups is 1. The largest absolute Gasteiger partial charge is 0.451 e. The fourth-order valence-corrected chi connectivity index (χ4v) is 2.37. The number of benzene rings is 1. The molecule has 1 N–H and O–H groups in total. The van der Waals surface area contributed by atoms with Crippen LogP contribution in [0.1, 0.15) is 23.0 Å². The Balaban J connectivity index is 2.29. The maximum atomic E-state index is 13.1. The summed E-state index contributed by atoms with van der Waals surface area (Å²) in [7, 11) is 0. The van der Waals surface area contributed by atoms with Gasteiger partial charge >= 0.3 is 12.4 Å². The van der Waals surface area contributed by atoms with Crippen molar-refractivity contribution in [2.45, 2.75) is 25.4 Å². The first-order valence-corrected chi connectivity index (χ1v) is 7.75. The summed E-state index contributed by atoms with van der Waals surface area (Å²) < 4.78 is 81.8. The van der Waals surface area contributed by atoms with Crippen LogP contribution in [-0.2, 0) is 6.18 Å². The zero-order valence-electron chi connectivity index (χ0n) is 13.9. The Morgan fingerprint density at radius 3 is 2.30 bits per heavy atom. The van der Waals surface area contributed by atoms with Crippen LogP contribution in [-0.4, -0.2) is 41.3 Å². The van der Waals surface area contributed by atoms with E-state index in [1.54, 1.807) is 0 Å². The van der Waals surface area contributed by atoms with Crippen LogP contribution in [0.2, 0.25) is 0 Å². The molecule has 1 aromatic heterocycles. The second-order valence-corrected chi connectivity index (χ2v) is 5.61. The van der Waals surface area contributed by atoms with Crippen molar-refractivity contribution in [1.29, 1.82) is 0 Å². The van der Waals surface area contributed by atoms with Gasteiger partial charge in [-0.2, -0.15) is 26.3 Å². The summed E-state index contributed by atoms with van der Waals surface area (Å²) in [4.78, 5) is 13.0. The van der Waals surface area contributed by atoms with Crippen molar-refractivity contribution < 1.29 is 40.7 Å². The number of aliphatic hydroxyl groups is 1. The number of hydrogen-bond acceptors (Lipinski definition) is 3. The lowest BCUT2D eigenvalue weighted by atomic mass is 10.1. The molecule has 0 radical (unpaired) electrons. The third-order valence-electron chi connectivity index (χ3n) is 3.75. The van der Waals surface area contributed by atoms with Crippen molar-refractivity contribution in [3.8, 4) is 11.3 Å². The van der Waals surface area contributed by atoms with Crippen molar-refractivity contribution in [2.75, 3.05) is 13.1 Å². The summed E-state index contributed by atoms with van der Waals surface area (Å²) in [6, 6.07) is 6.75. The van der Waals surface area contributed by atoms with E-state index in [9.17, 15) is 31.1 Å². The van der Waals surface area contributed by atoms with Gasteiger partial charge in [-0.1, -0.05) is 18.2 Å². The second kappa shape index (κ2) is 7.63. The summed E-state index contributed by atoms with van der Waals surface area (Å²) in [5, 5.41) is 9.12. The van der Waals surface area contributed by atoms with Gasteiger partial charge in [0.05, 0.1) is 12.1 Å². The number of amides is 1. The van der Waals surface area contributed by atoms with Gasteiger partial charge in [0.2, 0.25) is 0 Å². The molecule has 148 valence electrons.